The van der Waals surface area contributed by atoms with Gasteiger partial charge in [-0.25, -0.2) is 0 Å². The Labute approximate surface area is 105 Å². The Bertz CT molecular complexity index is 523. The summed E-state index contributed by atoms with van der Waals surface area (Å²) in [6, 6.07) is 17.1. The van der Waals surface area contributed by atoms with Gasteiger partial charge >= 0.3 is 0 Å². The Morgan fingerprint density at radius 2 is 1.65 bits per heavy atom. The highest BCUT2D eigenvalue weighted by atomic mass is 35.5. The molecule has 0 aliphatic rings. The fourth-order valence-corrected chi connectivity index (χ4v) is 1.54. The average molecular weight is 246 g/mol. The number of oxime groups is 1. The van der Waals surface area contributed by atoms with Crippen LogP contribution < -0.4 is 4.84 Å². The summed E-state index contributed by atoms with van der Waals surface area (Å²) in [6.07, 6.45) is 0. The maximum atomic E-state index is 5.96. The summed E-state index contributed by atoms with van der Waals surface area (Å²) in [5.41, 5.74) is 1.84. The van der Waals surface area contributed by atoms with Gasteiger partial charge in [0, 0.05) is 0 Å². The molecule has 0 amide bonds. The van der Waals surface area contributed by atoms with Gasteiger partial charge in [0.25, 0.3) is 0 Å². The third-order valence-corrected chi connectivity index (χ3v) is 2.62. The summed E-state index contributed by atoms with van der Waals surface area (Å²) in [7, 11) is 0. The van der Waals surface area contributed by atoms with Crippen molar-refractivity contribution in [2.75, 3.05) is 0 Å². The summed E-state index contributed by atoms with van der Waals surface area (Å²) in [4.78, 5) is 5.31. The van der Waals surface area contributed by atoms with E-state index < -0.39 is 0 Å². The van der Waals surface area contributed by atoms with Crippen LogP contribution in [0.1, 0.15) is 12.5 Å². The van der Waals surface area contributed by atoms with E-state index in [1.807, 2.05) is 49.4 Å². The maximum absolute atomic E-state index is 5.96. The fraction of sp³-hybridized carbons (Fsp3) is 0.0714. The number of benzene rings is 2. The molecule has 2 aromatic carbocycles. The van der Waals surface area contributed by atoms with Gasteiger partial charge in [-0.3, -0.25) is 0 Å². The number of hydrogen-bond donors (Lipinski definition) is 0. The van der Waals surface area contributed by atoms with E-state index in [0.29, 0.717) is 10.8 Å². The molecule has 0 aromatic heterocycles. The minimum absolute atomic E-state index is 0.553. The molecule has 0 spiro atoms. The van der Waals surface area contributed by atoms with E-state index in [1.165, 1.54) is 0 Å². The molecule has 0 bridgehead atoms. The Balaban J connectivity index is 2.14. The van der Waals surface area contributed by atoms with Crippen molar-refractivity contribution in [1.29, 1.82) is 0 Å². The van der Waals surface area contributed by atoms with Gasteiger partial charge < -0.3 is 4.84 Å². The SMILES string of the molecule is C/C(=N\Oc1ccccc1Cl)c1ccccc1. The molecule has 2 nitrogen and oxygen atoms in total. The normalized spacial score (nSPS) is 11.3. The molecule has 0 atom stereocenters. The second-order valence-corrected chi connectivity index (χ2v) is 3.97. The van der Waals surface area contributed by atoms with Crippen molar-refractivity contribution in [2.45, 2.75) is 6.92 Å². The highest BCUT2D eigenvalue weighted by Crippen LogP contribution is 2.23. The lowest BCUT2D eigenvalue weighted by atomic mass is 10.1. The number of hydrogen-bond acceptors (Lipinski definition) is 2. The monoisotopic (exact) mass is 245 g/mol. The number of nitrogens with zero attached hydrogens (tertiary/aromatic N) is 1. The van der Waals surface area contributed by atoms with Gasteiger partial charge in [-0.2, -0.15) is 0 Å². The molecule has 0 aliphatic heterocycles. The molecule has 0 radical (unpaired) electrons. The molecule has 0 heterocycles. The highest BCUT2D eigenvalue weighted by Gasteiger charge is 2.00. The van der Waals surface area contributed by atoms with Crippen LogP contribution in [0.4, 0.5) is 0 Å². The van der Waals surface area contributed by atoms with Crippen LogP contribution in [0.5, 0.6) is 5.75 Å². The molecule has 0 aliphatic carbocycles. The summed E-state index contributed by atoms with van der Waals surface area (Å²) in [5, 5.41) is 4.61. The molecule has 86 valence electrons. The van der Waals surface area contributed by atoms with E-state index in [0.717, 1.165) is 11.3 Å². The van der Waals surface area contributed by atoms with Crippen molar-refractivity contribution in [3.8, 4) is 5.75 Å². The van der Waals surface area contributed by atoms with Crippen LogP contribution in [0, 0.1) is 0 Å². The molecule has 0 saturated heterocycles. The predicted molar refractivity (Wildman–Crippen MR) is 70.7 cm³/mol. The largest absolute Gasteiger partial charge is 0.355 e. The van der Waals surface area contributed by atoms with Crippen molar-refractivity contribution in [3.63, 3.8) is 0 Å². The van der Waals surface area contributed by atoms with Crippen molar-refractivity contribution >= 4 is 17.3 Å². The summed E-state index contributed by atoms with van der Waals surface area (Å²) in [6.45, 7) is 1.90. The van der Waals surface area contributed by atoms with Gasteiger partial charge in [-0.05, 0) is 24.6 Å². The Morgan fingerprint density at radius 3 is 2.35 bits per heavy atom. The molecule has 17 heavy (non-hydrogen) atoms. The first-order valence-electron chi connectivity index (χ1n) is 5.29. The molecule has 0 N–H and O–H groups in total. The summed E-state index contributed by atoms with van der Waals surface area (Å²) >= 11 is 5.96. The maximum Gasteiger partial charge on any atom is 0.176 e. The second-order valence-electron chi connectivity index (χ2n) is 3.56. The molecular weight excluding hydrogens is 234 g/mol. The Kier molecular flexibility index (Phi) is 3.78. The van der Waals surface area contributed by atoms with Gasteiger partial charge in [0.05, 0.1) is 10.7 Å². The van der Waals surface area contributed by atoms with Crippen LogP contribution in [0.2, 0.25) is 5.02 Å². The first-order chi connectivity index (χ1) is 8.27. The minimum Gasteiger partial charge on any atom is -0.355 e. The number of halogens is 1. The fourth-order valence-electron chi connectivity index (χ4n) is 1.37. The highest BCUT2D eigenvalue weighted by molar-refractivity contribution is 6.32. The van der Waals surface area contributed by atoms with E-state index in [-0.39, 0.29) is 0 Å². The second kappa shape index (κ2) is 5.51. The smallest absolute Gasteiger partial charge is 0.176 e. The van der Waals surface area contributed by atoms with E-state index in [1.54, 1.807) is 12.1 Å². The third-order valence-electron chi connectivity index (χ3n) is 2.31. The standard InChI is InChI=1S/C14H12ClNO/c1-11(12-7-3-2-4-8-12)16-17-14-10-6-5-9-13(14)15/h2-10H,1H3/b16-11+. The molecule has 0 saturated carbocycles. The van der Waals surface area contributed by atoms with Crippen molar-refractivity contribution < 1.29 is 4.84 Å². The van der Waals surface area contributed by atoms with E-state index in [4.69, 9.17) is 16.4 Å². The van der Waals surface area contributed by atoms with Crippen molar-refractivity contribution in [3.05, 3.63) is 65.2 Å². The van der Waals surface area contributed by atoms with Crippen LogP contribution in [0.25, 0.3) is 0 Å². The zero-order chi connectivity index (χ0) is 12.1. The minimum atomic E-state index is 0.553. The molecule has 2 aromatic rings. The lowest BCUT2D eigenvalue weighted by Crippen LogP contribution is -1.97. The summed E-state index contributed by atoms with van der Waals surface area (Å²) in [5.74, 6) is 0.560. The van der Waals surface area contributed by atoms with Crippen LogP contribution >= 0.6 is 11.6 Å². The van der Waals surface area contributed by atoms with Crippen LogP contribution in [0.3, 0.4) is 0 Å². The van der Waals surface area contributed by atoms with Crippen molar-refractivity contribution in [1.82, 2.24) is 0 Å². The molecular formula is C14H12ClNO. The van der Waals surface area contributed by atoms with E-state index >= 15 is 0 Å². The Hall–Kier alpha value is -1.80. The molecule has 3 heteroatoms. The van der Waals surface area contributed by atoms with E-state index in [9.17, 15) is 0 Å². The van der Waals surface area contributed by atoms with Gasteiger partial charge in [-0.1, -0.05) is 59.2 Å². The predicted octanol–water partition coefficient (Wildman–Crippen LogP) is 4.14. The number of para-hydroxylation sites is 1. The Morgan fingerprint density at radius 1 is 1.00 bits per heavy atom. The van der Waals surface area contributed by atoms with Gasteiger partial charge in [0.15, 0.2) is 5.75 Å². The van der Waals surface area contributed by atoms with Gasteiger partial charge in [-0.15, -0.1) is 0 Å². The quantitative estimate of drug-likeness (QED) is 0.588. The average Bonchev–Trinajstić information content (AvgIpc) is 2.38. The molecule has 0 fully saturated rings. The van der Waals surface area contributed by atoms with Gasteiger partial charge in [0.2, 0.25) is 0 Å². The molecule has 0 unspecified atom stereocenters. The third kappa shape index (κ3) is 3.08. The zero-order valence-corrected chi connectivity index (χ0v) is 10.2. The lowest BCUT2D eigenvalue weighted by molar-refractivity contribution is 0.341. The molecule has 2 rings (SSSR count). The van der Waals surface area contributed by atoms with Crippen LogP contribution in [-0.2, 0) is 0 Å². The van der Waals surface area contributed by atoms with Crippen molar-refractivity contribution in [2.24, 2.45) is 5.16 Å². The first kappa shape index (κ1) is 11.7. The van der Waals surface area contributed by atoms with Crippen LogP contribution in [0.15, 0.2) is 59.8 Å². The lowest BCUT2D eigenvalue weighted by Gasteiger charge is -2.03. The first-order valence-corrected chi connectivity index (χ1v) is 5.67. The zero-order valence-electron chi connectivity index (χ0n) is 9.43. The topological polar surface area (TPSA) is 21.6 Å². The van der Waals surface area contributed by atoms with E-state index in [2.05, 4.69) is 5.16 Å². The summed E-state index contributed by atoms with van der Waals surface area (Å²) < 4.78 is 0. The van der Waals surface area contributed by atoms with Gasteiger partial charge in [0.1, 0.15) is 0 Å². The van der Waals surface area contributed by atoms with Crippen LogP contribution in [-0.4, -0.2) is 5.71 Å². The number of rotatable bonds is 3.